The second kappa shape index (κ2) is 75.8. The summed E-state index contributed by atoms with van der Waals surface area (Å²) >= 11 is 0. The number of rotatable bonds is 75. The van der Waals surface area contributed by atoms with Gasteiger partial charge in [0.1, 0.15) is 0 Å². The van der Waals surface area contributed by atoms with Gasteiger partial charge in [-0.3, -0.25) is 9.59 Å². The molecular weight excluding hydrogens is 1050 g/mol. The molecule has 0 aromatic carbocycles. The summed E-state index contributed by atoms with van der Waals surface area (Å²) in [4.78, 5) is 24.7. The van der Waals surface area contributed by atoms with Crippen molar-refractivity contribution in [3.63, 3.8) is 0 Å². The summed E-state index contributed by atoms with van der Waals surface area (Å²) < 4.78 is 5.52. The van der Waals surface area contributed by atoms with Gasteiger partial charge < -0.3 is 20.3 Å². The van der Waals surface area contributed by atoms with Crippen molar-refractivity contribution in [3.8, 4) is 0 Å². The van der Waals surface area contributed by atoms with Crippen LogP contribution in [-0.4, -0.2) is 47.4 Å². The number of nitrogens with one attached hydrogen (secondary N) is 1. The number of amides is 1. The maximum Gasteiger partial charge on any atom is 0.305 e. The molecule has 1 amide bonds. The third-order valence-electron chi connectivity index (χ3n) is 18.7. The molecule has 3 N–H and O–H groups in total. The number of hydrogen-bond donors (Lipinski definition) is 3. The molecule has 2 unspecified atom stereocenters. The minimum atomic E-state index is -0.845. The van der Waals surface area contributed by atoms with Gasteiger partial charge in [0.15, 0.2) is 0 Å². The molecule has 0 fully saturated rings. The molecule has 0 bridgehead atoms. The molecule has 6 heteroatoms. The Labute approximate surface area is 539 Å². The SMILES string of the molecule is CCCCCCCCCCCCCCCCCCCCCC/C=C/C(O)C(CO)NC(=O)CCCCCCCCCCCCCCC/C=C\CCCCCCCCCCCCCCOC(=O)CCCCCCCCCCCCCCCCCCCC. The molecule has 6 nitrogen and oxygen atoms in total. The summed E-state index contributed by atoms with van der Waals surface area (Å²) in [5.74, 6) is -0.0405. The molecule has 0 rings (SSSR count). The van der Waals surface area contributed by atoms with Crippen molar-refractivity contribution >= 4 is 11.9 Å². The van der Waals surface area contributed by atoms with E-state index in [4.69, 9.17) is 4.74 Å². The lowest BCUT2D eigenvalue weighted by Crippen LogP contribution is -2.45. The Kier molecular flexibility index (Phi) is 74.3. The summed E-state index contributed by atoms with van der Waals surface area (Å²) in [6.07, 6.45) is 97.2. The minimum absolute atomic E-state index is 0.0217. The van der Waals surface area contributed by atoms with E-state index < -0.39 is 12.1 Å². The van der Waals surface area contributed by atoms with E-state index in [2.05, 4.69) is 31.3 Å². The summed E-state index contributed by atoms with van der Waals surface area (Å²) in [5, 5.41) is 23.3. The van der Waals surface area contributed by atoms with E-state index >= 15 is 0 Å². The molecule has 0 aromatic rings. The summed E-state index contributed by atoms with van der Waals surface area (Å²) in [7, 11) is 0. The van der Waals surface area contributed by atoms with Crippen molar-refractivity contribution in [1.82, 2.24) is 5.32 Å². The first kappa shape index (κ1) is 84.3. The Bertz CT molecular complexity index is 1350. The molecule has 0 radical (unpaired) electrons. The topological polar surface area (TPSA) is 95.9 Å². The third kappa shape index (κ3) is 71.4. The van der Waals surface area contributed by atoms with Crippen LogP contribution < -0.4 is 5.32 Å². The Morgan fingerprint density at radius 2 is 0.547 bits per heavy atom. The molecule has 0 spiro atoms. The fourth-order valence-electron chi connectivity index (χ4n) is 12.7. The van der Waals surface area contributed by atoms with Gasteiger partial charge in [-0.15, -0.1) is 0 Å². The zero-order chi connectivity index (χ0) is 62.0. The molecule has 0 aliphatic rings. The zero-order valence-corrected chi connectivity index (χ0v) is 58.6. The van der Waals surface area contributed by atoms with Crippen LogP contribution in [0.4, 0.5) is 0 Å². The first-order chi connectivity index (χ1) is 42.5. The van der Waals surface area contributed by atoms with E-state index in [1.54, 1.807) is 6.08 Å². The zero-order valence-electron chi connectivity index (χ0n) is 58.6. The number of allylic oxidation sites excluding steroid dienone is 3. The minimum Gasteiger partial charge on any atom is -0.466 e. The Morgan fingerprint density at radius 1 is 0.314 bits per heavy atom. The molecule has 0 heterocycles. The third-order valence-corrected chi connectivity index (χ3v) is 18.7. The van der Waals surface area contributed by atoms with Gasteiger partial charge in [0.2, 0.25) is 5.91 Å². The number of unbranched alkanes of at least 4 members (excludes halogenated alkanes) is 62. The van der Waals surface area contributed by atoms with Crippen LogP contribution in [0, 0.1) is 0 Å². The van der Waals surface area contributed by atoms with Gasteiger partial charge in [-0.2, -0.15) is 0 Å². The molecule has 2 atom stereocenters. The van der Waals surface area contributed by atoms with Gasteiger partial charge in [0.25, 0.3) is 0 Å². The number of hydrogen-bond acceptors (Lipinski definition) is 5. The Balaban J connectivity index is 3.38. The number of aliphatic hydroxyl groups is 2. The summed E-state index contributed by atoms with van der Waals surface area (Å²) in [6, 6.07) is -0.628. The van der Waals surface area contributed by atoms with Crippen molar-refractivity contribution < 1.29 is 24.5 Å². The van der Waals surface area contributed by atoms with E-state index in [0.29, 0.717) is 19.4 Å². The van der Waals surface area contributed by atoms with Crippen LogP contribution in [0.5, 0.6) is 0 Å². The van der Waals surface area contributed by atoms with E-state index in [1.165, 1.54) is 385 Å². The highest BCUT2D eigenvalue weighted by atomic mass is 16.5. The van der Waals surface area contributed by atoms with Gasteiger partial charge in [0, 0.05) is 12.8 Å². The first-order valence-electron chi connectivity index (χ1n) is 39.6. The smallest absolute Gasteiger partial charge is 0.305 e. The first-order valence-corrected chi connectivity index (χ1v) is 39.6. The number of ether oxygens (including phenoxy) is 1. The molecular formula is C80H155NO5. The second-order valence-electron chi connectivity index (χ2n) is 27.4. The van der Waals surface area contributed by atoms with Crippen molar-refractivity contribution in [2.45, 2.75) is 463 Å². The van der Waals surface area contributed by atoms with E-state index in [0.717, 1.165) is 38.5 Å². The highest BCUT2D eigenvalue weighted by molar-refractivity contribution is 5.76. The van der Waals surface area contributed by atoms with Gasteiger partial charge >= 0.3 is 5.97 Å². The van der Waals surface area contributed by atoms with Crippen molar-refractivity contribution in [3.05, 3.63) is 24.3 Å². The maximum atomic E-state index is 12.5. The number of carbonyl (C=O) groups is 2. The van der Waals surface area contributed by atoms with Gasteiger partial charge in [-0.05, 0) is 57.8 Å². The van der Waals surface area contributed by atoms with E-state index in [-0.39, 0.29) is 18.5 Å². The molecule has 0 saturated heterocycles. The van der Waals surface area contributed by atoms with Gasteiger partial charge in [0.05, 0.1) is 25.4 Å². The Hall–Kier alpha value is -1.66. The van der Waals surface area contributed by atoms with Crippen molar-refractivity contribution in [1.29, 1.82) is 0 Å². The fourth-order valence-corrected chi connectivity index (χ4v) is 12.7. The molecule has 0 aromatic heterocycles. The fraction of sp³-hybridized carbons (Fsp3) is 0.925. The average molecular weight is 1210 g/mol. The van der Waals surface area contributed by atoms with Crippen molar-refractivity contribution in [2.24, 2.45) is 0 Å². The van der Waals surface area contributed by atoms with Crippen LogP contribution in [-0.2, 0) is 14.3 Å². The quantitative estimate of drug-likeness (QED) is 0.0320. The lowest BCUT2D eigenvalue weighted by atomic mass is 10.0. The molecule has 0 aliphatic heterocycles. The number of aliphatic hydroxyl groups excluding tert-OH is 2. The van der Waals surface area contributed by atoms with Crippen LogP contribution in [0.15, 0.2) is 24.3 Å². The lowest BCUT2D eigenvalue weighted by molar-refractivity contribution is -0.143. The average Bonchev–Trinajstić information content (AvgIpc) is 3.54. The largest absolute Gasteiger partial charge is 0.466 e. The van der Waals surface area contributed by atoms with Crippen molar-refractivity contribution in [2.75, 3.05) is 13.2 Å². The van der Waals surface area contributed by atoms with Gasteiger partial charge in [-0.1, -0.05) is 404 Å². The monoisotopic (exact) mass is 1210 g/mol. The highest BCUT2D eigenvalue weighted by Crippen LogP contribution is 2.20. The standard InChI is InChI=1S/C80H155NO5/c1-3-5-7-9-11-13-15-17-19-21-23-24-34-37-40-44-48-52-56-60-64-68-72-78(83)77(76-82)81-79(84)73-69-65-61-57-53-49-45-41-38-35-32-30-28-26-25-27-29-31-33-36-39-43-47-51-55-59-63-67-71-75-86-80(85)74-70-66-62-58-54-50-46-42-22-20-18-16-14-12-10-8-6-4-2/h25,27,68,72,77-78,82-83H,3-24,26,28-67,69-71,73-76H2,1-2H3,(H,81,84)/b27-25-,72-68+. The van der Waals surface area contributed by atoms with Crippen LogP contribution in [0.25, 0.3) is 0 Å². The summed E-state index contributed by atoms with van der Waals surface area (Å²) in [6.45, 7) is 4.96. The van der Waals surface area contributed by atoms with E-state index in [1.807, 2.05) is 6.08 Å². The van der Waals surface area contributed by atoms with Crippen LogP contribution in [0.1, 0.15) is 450 Å². The van der Waals surface area contributed by atoms with E-state index in [9.17, 15) is 19.8 Å². The van der Waals surface area contributed by atoms with Crippen LogP contribution in [0.2, 0.25) is 0 Å². The molecule has 0 aliphatic carbocycles. The predicted molar refractivity (Wildman–Crippen MR) is 380 cm³/mol. The van der Waals surface area contributed by atoms with Crippen LogP contribution >= 0.6 is 0 Å². The molecule has 510 valence electrons. The molecule has 86 heavy (non-hydrogen) atoms. The van der Waals surface area contributed by atoms with Crippen LogP contribution in [0.3, 0.4) is 0 Å². The highest BCUT2D eigenvalue weighted by Gasteiger charge is 2.18. The molecule has 0 saturated carbocycles. The summed E-state index contributed by atoms with van der Waals surface area (Å²) in [5.41, 5.74) is 0. The lowest BCUT2D eigenvalue weighted by Gasteiger charge is -2.20. The maximum absolute atomic E-state index is 12.5. The Morgan fingerprint density at radius 3 is 0.826 bits per heavy atom. The van der Waals surface area contributed by atoms with Gasteiger partial charge in [-0.25, -0.2) is 0 Å². The predicted octanol–water partition coefficient (Wildman–Crippen LogP) is 26.0. The number of esters is 1. The number of carbonyl (C=O) groups excluding carboxylic acids is 2. The second-order valence-corrected chi connectivity index (χ2v) is 27.4. The normalized spacial score (nSPS) is 12.6.